The number of benzene rings is 1. The molecular formula is C21H32N2O2. The first kappa shape index (κ1) is 18.4. The van der Waals surface area contributed by atoms with E-state index in [0.29, 0.717) is 17.9 Å². The second-order valence-corrected chi connectivity index (χ2v) is 7.69. The molecule has 0 radical (unpaired) electrons. The van der Waals surface area contributed by atoms with Crippen molar-refractivity contribution in [2.24, 2.45) is 5.92 Å². The Balaban J connectivity index is 1.65. The van der Waals surface area contributed by atoms with Gasteiger partial charge in [0.25, 0.3) is 0 Å². The minimum absolute atomic E-state index is 0.0316. The van der Waals surface area contributed by atoms with E-state index in [1.54, 1.807) is 0 Å². The number of rotatable bonds is 4. The molecule has 1 aromatic carbocycles. The molecule has 138 valence electrons. The third-order valence-corrected chi connectivity index (χ3v) is 5.64. The summed E-state index contributed by atoms with van der Waals surface area (Å²) in [7, 11) is 0. The summed E-state index contributed by atoms with van der Waals surface area (Å²) >= 11 is 0. The molecule has 3 rings (SSSR count). The molecule has 2 fully saturated rings. The Hall–Kier alpha value is -1.39. The second kappa shape index (κ2) is 8.81. The van der Waals surface area contributed by atoms with Gasteiger partial charge in [0.15, 0.2) is 0 Å². The lowest BCUT2D eigenvalue weighted by molar-refractivity contribution is -0.133. The third kappa shape index (κ3) is 4.62. The van der Waals surface area contributed by atoms with Gasteiger partial charge in [-0.25, -0.2) is 0 Å². The molecule has 2 saturated heterocycles. The smallest absolute Gasteiger partial charge is 0.230 e. The first-order valence-electron chi connectivity index (χ1n) is 9.82. The zero-order chi connectivity index (χ0) is 17.6. The summed E-state index contributed by atoms with van der Waals surface area (Å²) in [4.78, 5) is 18.0. The molecule has 1 amide bonds. The molecule has 2 aliphatic heterocycles. The predicted molar refractivity (Wildman–Crippen MR) is 101 cm³/mol. The van der Waals surface area contributed by atoms with Crippen molar-refractivity contribution in [1.29, 1.82) is 0 Å². The Morgan fingerprint density at radius 3 is 2.44 bits per heavy atom. The molecule has 1 aromatic rings. The standard InChI is InChI=1S/C21H32N2O2/c1-17(2)20(18-7-4-3-5-8-18)21(24)23-12-6-11-22(13-14-23)19-9-15-25-16-10-19/h3-5,7-8,17,19-20H,6,9-16H2,1-2H3/t20-/m0/s1. The van der Waals surface area contributed by atoms with E-state index in [9.17, 15) is 4.79 Å². The van der Waals surface area contributed by atoms with Crippen molar-refractivity contribution in [3.8, 4) is 0 Å². The summed E-state index contributed by atoms with van der Waals surface area (Å²) in [5.41, 5.74) is 1.15. The van der Waals surface area contributed by atoms with Gasteiger partial charge in [-0.1, -0.05) is 44.2 Å². The Bertz CT molecular complexity index is 540. The fourth-order valence-electron chi connectivity index (χ4n) is 4.24. The minimum atomic E-state index is -0.0316. The van der Waals surface area contributed by atoms with Crippen LogP contribution in [0.1, 0.15) is 44.6 Å². The Labute approximate surface area is 152 Å². The monoisotopic (exact) mass is 344 g/mol. The van der Waals surface area contributed by atoms with E-state index in [1.807, 2.05) is 18.2 Å². The topological polar surface area (TPSA) is 32.8 Å². The molecule has 2 aliphatic rings. The number of amides is 1. The number of carbonyl (C=O) groups is 1. The highest BCUT2D eigenvalue weighted by molar-refractivity contribution is 5.84. The summed E-state index contributed by atoms with van der Waals surface area (Å²) in [5.74, 6) is 0.579. The molecule has 0 saturated carbocycles. The van der Waals surface area contributed by atoms with Gasteiger partial charge >= 0.3 is 0 Å². The first-order chi connectivity index (χ1) is 12.2. The van der Waals surface area contributed by atoms with Gasteiger partial charge in [-0.2, -0.15) is 0 Å². The summed E-state index contributed by atoms with van der Waals surface area (Å²) in [6.07, 6.45) is 3.34. The van der Waals surface area contributed by atoms with Gasteiger partial charge in [-0.05, 0) is 30.7 Å². The highest BCUT2D eigenvalue weighted by atomic mass is 16.5. The van der Waals surface area contributed by atoms with Gasteiger partial charge < -0.3 is 9.64 Å². The lowest BCUT2D eigenvalue weighted by Gasteiger charge is -2.33. The maximum atomic E-state index is 13.3. The third-order valence-electron chi connectivity index (χ3n) is 5.64. The molecule has 0 bridgehead atoms. The number of ether oxygens (including phenoxy) is 1. The van der Waals surface area contributed by atoms with Crippen molar-refractivity contribution in [1.82, 2.24) is 9.80 Å². The van der Waals surface area contributed by atoms with Gasteiger partial charge in [0, 0.05) is 45.4 Å². The van der Waals surface area contributed by atoms with E-state index in [1.165, 1.54) is 0 Å². The van der Waals surface area contributed by atoms with Crippen LogP contribution in [0.4, 0.5) is 0 Å². The van der Waals surface area contributed by atoms with Crippen molar-refractivity contribution < 1.29 is 9.53 Å². The summed E-state index contributed by atoms with van der Waals surface area (Å²) in [6, 6.07) is 10.9. The molecule has 0 N–H and O–H groups in total. The van der Waals surface area contributed by atoms with Gasteiger partial charge in [0.05, 0.1) is 5.92 Å². The van der Waals surface area contributed by atoms with Gasteiger partial charge in [0.2, 0.25) is 5.91 Å². The number of carbonyl (C=O) groups excluding carboxylic acids is 1. The zero-order valence-corrected chi connectivity index (χ0v) is 15.7. The maximum Gasteiger partial charge on any atom is 0.230 e. The van der Waals surface area contributed by atoms with E-state index in [2.05, 4.69) is 35.8 Å². The molecule has 4 heteroatoms. The second-order valence-electron chi connectivity index (χ2n) is 7.69. The lowest BCUT2D eigenvalue weighted by atomic mass is 9.87. The molecule has 0 aliphatic carbocycles. The number of nitrogens with zero attached hydrogens (tertiary/aromatic N) is 2. The quantitative estimate of drug-likeness (QED) is 0.841. The molecule has 0 spiro atoms. The highest BCUT2D eigenvalue weighted by Gasteiger charge is 2.31. The van der Waals surface area contributed by atoms with Crippen LogP contribution in [0, 0.1) is 5.92 Å². The maximum absolute atomic E-state index is 13.3. The molecule has 0 unspecified atom stereocenters. The van der Waals surface area contributed by atoms with Gasteiger partial charge in [-0.15, -0.1) is 0 Å². The number of hydrogen-bond donors (Lipinski definition) is 0. The average molecular weight is 344 g/mol. The molecule has 4 nitrogen and oxygen atoms in total. The largest absolute Gasteiger partial charge is 0.381 e. The van der Waals surface area contributed by atoms with Crippen molar-refractivity contribution in [3.05, 3.63) is 35.9 Å². The van der Waals surface area contributed by atoms with Crippen LogP contribution in [0.5, 0.6) is 0 Å². The van der Waals surface area contributed by atoms with Crippen LogP contribution in [-0.2, 0) is 9.53 Å². The zero-order valence-electron chi connectivity index (χ0n) is 15.7. The summed E-state index contributed by atoms with van der Waals surface area (Å²) in [5, 5.41) is 0. The van der Waals surface area contributed by atoms with E-state index >= 15 is 0 Å². The van der Waals surface area contributed by atoms with Crippen LogP contribution in [0.25, 0.3) is 0 Å². The average Bonchev–Trinajstić information content (AvgIpc) is 2.89. The van der Waals surface area contributed by atoms with E-state index < -0.39 is 0 Å². The van der Waals surface area contributed by atoms with Crippen LogP contribution in [0.2, 0.25) is 0 Å². The van der Waals surface area contributed by atoms with Crippen molar-refractivity contribution in [2.75, 3.05) is 39.4 Å². The number of hydrogen-bond acceptors (Lipinski definition) is 3. The van der Waals surface area contributed by atoms with Crippen molar-refractivity contribution >= 4 is 5.91 Å². The summed E-state index contributed by atoms with van der Waals surface area (Å²) < 4.78 is 5.50. The van der Waals surface area contributed by atoms with Crippen molar-refractivity contribution in [3.63, 3.8) is 0 Å². The van der Waals surface area contributed by atoms with Gasteiger partial charge in [-0.3, -0.25) is 9.69 Å². The van der Waals surface area contributed by atoms with E-state index in [-0.39, 0.29) is 5.92 Å². The molecule has 0 aromatic heterocycles. The molecule has 2 heterocycles. The SMILES string of the molecule is CC(C)[C@H](C(=O)N1CCCN(C2CCOCC2)CC1)c1ccccc1. The fraction of sp³-hybridized carbons (Fsp3) is 0.667. The van der Waals surface area contributed by atoms with Crippen molar-refractivity contribution in [2.45, 2.75) is 45.1 Å². The van der Waals surface area contributed by atoms with Crippen LogP contribution < -0.4 is 0 Å². The van der Waals surface area contributed by atoms with Crippen LogP contribution in [-0.4, -0.2) is 61.1 Å². The van der Waals surface area contributed by atoms with E-state index in [4.69, 9.17) is 4.74 Å². The first-order valence-corrected chi connectivity index (χ1v) is 9.82. The highest BCUT2D eigenvalue weighted by Crippen LogP contribution is 2.27. The molecule has 1 atom stereocenters. The van der Waals surface area contributed by atoms with Crippen LogP contribution in [0.3, 0.4) is 0 Å². The van der Waals surface area contributed by atoms with E-state index in [0.717, 1.165) is 64.2 Å². The normalized spacial score (nSPS) is 22.0. The Kier molecular flexibility index (Phi) is 6.49. The van der Waals surface area contributed by atoms with Crippen LogP contribution in [0.15, 0.2) is 30.3 Å². The van der Waals surface area contributed by atoms with Crippen LogP contribution >= 0.6 is 0 Å². The predicted octanol–water partition coefficient (Wildman–Crippen LogP) is 3.14. The summed E-state index contributed by atoms with van der Waals surface area (Å²) in [6.45, 7) is 9.91. The fourth-order valence-corrected chi connectivity index (χ4v) is 4.24. The molecule has 25 heavy (non-hydrogen) atoms. The lowest BCUT2D eigenvalue weighted by Crippen LogP contribution is -2.43. The Morgan fingerprint density at radius 1 is 1.04 bits per heavy atom. The Morgan fingerprint density at radius 2 is 1.76 bits per heavy atom. The minimum Gasteiger partial charge on any atom is -0.381 e. The molecular weight excluding hydrogens is 312 g/mol. The van der Waals surface area contributed by atoms with Gasteiger partial charge in [0.1, 0.15) is 0 Å².